The van der Waals surface area contributed by atoms with Crippen LogP contribution in [0.5, 0.6) is 0 Å². The van der Waals surface area contributed by atoms with Crippen LogP contribution in [-0.4, -0.2) is 117 Å². The summed E-state index contributed by atoms with van der Waals surface area (Å²) in [5.74, 6) is -0.852. The van der Waals surface area contributed by atoms with Crippen molar-refractivity contribution in [3.63, 3.8) is 0 Å². The van der Waals surface area contributed by atoms with E-state index in [9.17, 15) is 45.5 Å². The number of carbonyl (C=O) groups excluding carboxylic acids is 4. The Morgan fingerprint density at radius 1 is 0.591 bits per heavy atom. The Balaban J connectivity index is 0.000000199. The zero-order valence-electron chi connectivity index (χ0n) is 37.2. The maximum absolute atomic E-state index is 13.7. The number of amides is 2. The molecule has 0 spiro atoms. The lowest BCUT2D eigenvalue weighted by atomic mass is 9.97. The van der Waals surface area contributed by atoms with Crippen molar-refractivity contribution in [3.8, 4) is 0 Å². The first-order valence-corrected chi connectivity index (χ1v) is 21.8. The molecule has 4 heterocycles. The van der Waals surface area contributed by atoms with Crippen molar-refractivity contribution in [3.05, 3.63) is 142 Å². The molecule has 10 nitrogen and oxygen atoms in total. The first kappa shape index (κ1) is 47.7. The number of carbonyl (C=O) groups is 4. The van der Waals surface area contributed by atoms with Crippen molar-refractivity contribution in [1.29, 1.82) is 0 Å². The fourth-order valence-corrected chi connectivity index (χ4v) is 9.31. The number of hydrogen-bond donors (Lipinski definition) is 2. The van der Waals surface area contributed by atoms with Crippen LogP contribution in [0.4, 0.5) is 26.3 Å². The van der Waals surface area contributed by atoms with Gasteiger partial charge in [0, 0.05) is 91.1 Å². The monoisotopic (exact) mass is 914 g/mol. The van der Waals surface area contributed by atoms with E-state index in [-0.39, 0.29) is 62.2 Å². The van der Waals surface area contributed by atoms with E-state index >= 15 is 0 Å². The summed E-state index contributed by atoms with van der Waals surface area (Å²) in [6.07, 6.45) is -5.29. The van der Waals surface area contributed by atoms with Gasteiger partial charge < -0.3 is 19.8 Å². The summed E-state index contributed by atoms with van der Waals surface area (Å²) in [5, 5.41) is 2.08. The zero-order chi connectivity index (χ0) is 47.5. The molecule has 0 bridgehead atoms. The third kappa shape index (κ3) is 11.2. The molecule has 8 rings (SSSR count). The number of halogens is 6. The predicted molar refractivity (Wildman–Crippen MR) is 240 cm³/mol. The van der Waals surface area contributed by atoms with E-state index in [0.717, 1.165) is 51.6 Å². The molecule has 2 aliphatic heterocycles. The molecule has 0 unspecified atom stereocenters. The van der Waals surface area contributed by atoms with Crippen LogP contribution < -0.4 is 0 Å². The highest BCUT2D eigenvalue weighted by atomic mass is 19.4. The number of nitrogens with zero attached hydrogens (tertiary/aromatic N) is 4. The van der Waals surface area contributed by atoms with E-state index in [1.807, 2.05) is 78.4 Å². The number of rotatable bonds is 10. The molecule has 2 aliphatic rings. The minimum atomic E-state index is -5.16. The SMILES string of the molecule is CC(=O)CN1CCN(C(=O)c2cc(C)cc(C)c2)[C@H](Cc2c[nH]c3ccccc23)C1.CC(=O)CN1CCN(C(=O)c2ccc(C(F)(F)F)cc2C(F)(F)F)[C@H](Cc2c[nH]c3ccccc23)C1. The number of ketones is 2. The number of Topliss-reactive ketones (excluding diaryl/α,β-unsaturated/α-hetero) is 2. The topological polar surface area (TPSA) is 113 Å². The van der Waals surface area contributed by atoms with Gasteiger partial charge in [-0.15, -0.1) is 0 Å². The molecular weight excluding hydrogens is 863 g/mol. The Hall–Kier alpha value is -6.26. The Bertz CT molecular complexity index is 2720. The van der Waals surface area contributed by atoms with Crippen molar-refractivity contribution >= 4 is 45.2 Å². The molecule has 2 fully saturated rings. The smallest absolute Gasteiger partial charge is 0.361 e. The van der Waals surface area contributed by atoms with E-state index < -0.39 is 41.0 Å². The van der Waals surface area contributed by atoms with Gasteiger partial charge in [0.1, 0.15) is 11.6 Å². The van der Waals surface area contributed by atoms with E-state index in [1.165, 1.54) is 22.8 Å². The Kier molecular flexibility index (Phi) is 14.2. The molecule has 0 radical (unpaired) electrons. The molecule has 0 saturated carbocycles. The number of benzene rings is 4. The van der Waals surface area contributed by atoms with Crippen LogP contribution in [0.25, 0.3) is 21.8 Å². The van der Waals surface area contributed by atoms with Crippen LogP contribution in [0.15, 0.2) is 97.3 Å². The number of piperazine rings is 2. The second kappa shape index (κ2) is 19.7. The average Bonchev–Trinajstić information content (AvgIpc) is 3.86. The lowest BCUT2D eigenvalue weighted by Crippen LogP contribution is -2.56. The molecule has 2 saturated heterocycles. The zero-order valence-corrected chi connectivity index (χ0v) is 37.2. The van der Waals surface area contributed by atoms with Gasteiger partial charge in [-0.2, -0.15) is 26.3 Å². The van der Waals surface area contributed by atoms with Crippen LogP contribution in [0.1, 0.15) is 67.9 Å². The number of fused-ring (bicyclic) bond motifs is 2. The van der Waals surface area contributed by atoms with Crippen molar-refractivity contribution in [1.82, 2.24) is 29.6 Å². The summed E-state index contributed by atoms with van der Waals surface area (Å²) >= 11 is 0. The minimum Gasteiger partial charge on any atom is -0.361 e. The maximum Gasteiger partial charge on any atom is 0.417 e. The number of alkyl halides is 6. The van der Waals surface area contributed by atoms with Crippen LogP contribution >= 0.6 is 0 Å². The molecule has 16 heteroatoms. The van der Waals surface area contributed by atoms with Gasteiger partial charge in [-0.25, -0.2) is 0 Å². The largest absolute Gasteiger partial charge is 0.417 e. The first-order chi connectivity index (χ1) is 31.2. The third-order valence-electron chi connectivity index (χ3n) is 12.2. The Morgan fingerprint density at radius 3 is 1.52 bits per heavy atom. The van der Waals surface area contributed by atoms with Crippen LogP contribution in [0.2, 0.25) is 0 Å². The first-order valence-electron chi connectivity index (χ1n) is 21.8. The van der Waals surface area contributed by atoms with E-state index in [4.69, 9.17) is 0 Å². The van der Waals surface area contributed by atoms with Crippen molar-refractivity contribution < 1.29 is 45.5 Å². The fourth-order valence-electron chi connectivity index (χ4n) is 9.31. The van der Waals surface area contributed by atoms with Crippen molar-refractivity contribution in [2.24, 2.45) is 0 Å². The molecular formula is C50H52F6N6O4. The number of aromatic nitrogens is 2. The normalized spacial score (nSPS) is 17.5. The van der Waals surface area contributed by atoms with Gasteiger partial charge in [-0.05, 0) is 94.1 Å². The Morgan fingerprint density at radius 2 is 1.06 bits per heavy atom. The molecule has 0 aliphatic carbocycles. The highest BCUT2D eigenvalue weighted by Gasteiger charge is 2.42. The van der Waals surface area contributed by atoms with E-state index in [2.05, 4.69) is 33.1 Å². The van der Waals surface area contributed by atoms with Gasteiger partial charge >= 0.3 is 12.4 Å². The second-order valence-electron chi connectivity index (χ2n) is 17.4. The number of aromatic amines is 2. The average molecular weight is 915 g/mol. The molecule has 348 valence electrons. The van der Waals surface area contributed by atoms with Crippen molar-refractivity contribution in [2.45, 2.75) is 65.0 Å². The molecule has 66 heavy (non-hydrogen) atoms. The summed E-state index contributed by atoms with van der Waals surface area (Å²) in [6, 6.07) is 22.2. The van der Waals surface area contributed by atoms with Gasteiger partial charge in [0.05, 0.1) is 29.8 Å². The van der Waals surface area contributed by atoms with Crippen LogP contribution in [-0.2, 0) is 34.8 Å². The van der Waals surface area contributed by atoms with Crippen LogP contribution in [0, 0.1) is 13.8 Å². The van der Waals surface area contributed by atoms with Gasteiger partial charge in [0.25, 0.3) is 11.8 Å². The second-order valence-corrected chi connectivity index (χ2v) is 17.4. The highest BCUT2D eigenvalue weighted by Crippen LogP contribution is 2.38. The number of nitrogens with one attached hydrogen (secondary N) is 2. The standard InChI is InChI=1S/C25H23F6N3O2.C25H29N3O2/c1-15(35)13-33-8-9-34(18(14-33)10-16-12-32-22-5-3-2-4-19(16)22)23(36)20-7-6-17(24(26,27)28)11-21(20)25(29,30)31;1-17-10-18(2)12-20(11-17)25(30)28-9-8-27(15-19(3)29)16-22(28)13-21-14-26-24-7-5-4-6-23(21)24/h2-7,11-12,18,32H,8-10,13-14H2,1H3;4-7,10-12,14,22,26H,8-9,13,15-16H2,1-3H3/t18-;22-/m11/s1. The number of para-hydroxylation sites is 2. The van der Waals surface area contributed by atoms with E-state index in [1.54, 1.807) is 13.1 Å². The molecule has 2 aromatic heterocycles. The summed E-state index contributed by atoms with van der Waals surface area (Å²) in [6.45, 7) is 10.2. The Labute approximate surface area is 378 Å². The fraction of sp³-hybridized carbons (Fsp3) is 0.360. The van der Waals surface area contributed by atoms with E-state index in [0.29, 0.717) is 31.8 Å². The van der Waals surface area contributed by atoms with Gasteiger partial charge in [0.15, 0.2) is 0 Å². The predicted octanol–water partition coefficient (Wildman–Crippen LogP) is 8.91. The summed E-state index contributed by atoms with van der Waals surface area (Å²) in [5.41, 5.74) is 3.01. The van der Waals surface area contributed by atoms with Crippen molar-refractivity contribution in [2.75, 3.05) is 52.4 Å². The lowest BCUT2D eigenvalue weighted by Gasteiger charge is -2.41. The minimum absolute atomic E-state index is 0.0191. The summed E-state index contributed by atoms with van der Waals surface area (Å²) in [4.78, 5) is 64.0. The number of hydrogen-bond acceptors (Lipinski definition) is 6. The molecule has 4 aromatic carbocycles. The van der Waals surface area contributed by atoms with Gasteiger partial charge in [0.2, 0.25) is 0 Å². The quantitative estimate of drug-likeness (QED) is 0.133. The maximum atomic E-state index is 13.7. The summed E-state index contributed by atoms with van der Waals surface area (Å²) < 4.78 is 80.5. The van der Waals surface area contributed by atoms with Gasteiger partial charge in [-0.3, -0.25) is 29.0 Å². The molecule has 6 aromatic rings. The molecule has 2 N–H and O–H groups in total. The summed E-state index contributed by atoms with van der Waals surface area (Å²) in [7, 11) is 0. The lowest BCUT2D eigenvalue weighted by molar-refractivity contribution is -0.143. The third-order valence-corrected chi connectivity index (χ3v) is 12.2. The number of aryl methyl sites for hydroxylation is 2. The van der Waals surface area contributed by atoms with Crippen LogP contribution in [0.3, 0.4) is 0 Å². The highest BCUT2D eigenvalue weighted by molar-refractivity contribution is 5.97. The molecule has 2 atom stereocenters. The van der Waals surface area contributed by atoms with Gasteiger partial charge in [-0.1, -0.05) is 53.6 Å². The number of H-pyrrole nitrogens is 2. The molecule has 2 amide bonds.